The van der Waals surface area contributed by atoms with Gasteiger partial charge >= 0.3 is 0 Å². The number of aliphatic hydroxyl groups is 5. The summed E-state index contributed by atoms with van der Waals surface area (Å²) in [5.74, 6) is -0.931. The van der Waals surface area contributed by atoms with E-state index in [9.17, 15) is 30.3 Å². The Kier molecular flexibility index (Phi) is 4.89. The molecule has 0 aromatic rings. The minimum atomic E-state index is -1.60. The first-order chi connectivity index (χ1) is 13.0. The number of epoxide rings is 1. The van der Waals surface area contributed by atoms with Gasteiger partial charge in [-0.25, -0.2) is 0 Å². The van der Waals surface area contributed by atoms with Crippen molar-refractivity contribution in [3.8, 4) is 0 Å². The van der Waals surface area contributed by atoms with Crippen molar-refractivity contribution >= 4 is 6.47 Å². The molecular formula is C16H22O11. The highest BCUT2D eigenvalue weighted by molar-refractivity contribution is 5.40. The fourth-order valence-corrected chi connectivity index (χ4v) is 4.37. The highest BCUT2D eigenvalue weighted by Crippen LogP contribution is 2.60. The highest BCUT2D eigenvalue weighted by atomic mass is 16.8. The van der Waals surface area contributed by atoms with Gasteiger partial charge in [-0.2, -0.15) is 0 Å². The molecule has 3 heterocycles. The summed E-state index contributed by atoms with van der Waals surface area (Å²) >= 11 is 0. The quantitative estimate of drug-likeness (QED) is 0.226. The summed E-state index contributed by atoms with van der Waals surface area (Å²) in [7, 11) is 0. The highest BCUT2D eigenvalue weighted by Gasteiger charge is 2.77. The van der Waals surface area contributed by atoms with Crippen molar-refractivity contribution in [3.05, 3.63) is 12.3 Å². The first-order valence-electron chi connectivity index (χ1n) is 8.64. The monoisotopic (exact) mass is 390 g/mol. The third-order valence-electron chi connectivity index (χ3n) is 5.81. The van der Waals surface area contributed by atoms with E-state index in [2.05, 4.69) is 0 Å². The molecule has 1 saturated carbocycles. The van der Waals surface area contributed by atoms with Gasteiger partial charge in [-0.1, -0.05) is 0 Å². The maximum absolute atomic E-state index is 10.8. The van der Waals surface area contributed by atoms with Crippen LogP contribution in [0.2, 0.25) is 0 Å². The zero-order valence-electron chi connectivity index (χ0n) is 14.1. The number of aliphatic hydroxyl groups excluding tert-OH is 5. The van der Waals surface area contributed by atoms with Gasteiger partial charge in [0.1, 0.15) is 42.2 Å². The molecule has 27 heavy (non-hydrogen) atoms. The molecule has 0 aromatic heterocycles. The van der Waals surface area contributed by atoms with Crippen LogP contribution in [0.25, 0.3) is 0 Å². The molecule has 4 rings (SSSR count). The Bertz CT molecular complexity index is 597. The number of rotatable bonds is 6. The maximum atomic E-state index is 10.8. The number of carbonyl (C=O) groups is 1. The van der Waals surface area contributed by atoms with E-state index in [1.54, 1.807) is 6.08 Å². The number of ether oxygens (including phenoxy) is 5. The molecule has 1 aliphatic carbocycles. The van der Waals surface area contributed by atoms with Gasteiger partial charge in [0.25, 0.3) is 6.47 Å². The molecule has 3 aliphatic heterocycles. The Morgan fingerprint density at radius 3 is 2.56 bits per heavy atom. The molecular weight excluding hydrogens is 368 g/mol. The second-order valence-corrected chi connectivity index (χ2v) is 7.12. The van der Waals surface area contributed by atoms with Crippen molar-refractivity contribution in [3.63, 3.8) is 0 Å². The lowest BCUT2D eigenvalue weighted by Crippen LogP contribution is -2.60. The summed E-state index contributed by atoms with van der Waals surface area (Å²) in [4.78, 5) is 10.8. The summed E-state index contributed by atoms with van der Waals surface area (Å²) in [6, 6.07) is 0. The third kappa shape index (κ3) is 2.77. The lowest BCUT2D eigenvalue weighted by atomic mass is 9.85. The Hall–Kier alpha value is -1.31. The molecule has 5 N–H and O–H groups in total. The molecule has 152 valence electrons. The van der Waals surface area contributed by atoms with E-state index in [-0.39, 0.29) is 12.5 Å². The lowest BCUT2D eigenvalue weighted by Gasteiger charge is -2.43. The van der Waals surface area contributed by atoms with Gasteiger partial charge < -0.3 is 49.2 Å². The van der Waals surface area contributed by atoms with Gasteiger partial charge in [0, 0.05) is 5.92 Å². The predicted octanol–water partition coefficient (Wildman–Crippen LogP) is -3.41. The number of hydrogen-bond donors (Lipinski definition) is 5. The first kappa shape index (κ1) is 19.0. The Morgan fingerprint density at radius 1 is 1.11 bits per heavy atom. The van der Waals surface area contributed by atoms with Gasteiger partial charge in [0.15, 0.2) is 6.29 Å². The largest absolute Gasteiger partial charge is 0.472 e. The maximum Gasteiger partial charge on any atom is 0.293 e. The topological polar surface area (TPSA) is 168 Å². The zero-order valence-corrected chi connectivity index (χ0v) is 14.1. The van der Waals surface area contributed by atoms with Crippen LogP contribution in [0, 0.1) is 11.8 Å². The molecule has 0 unspecified atom stereocenters. The van der Waals surface area contributed by atoms with Crippen molar-refractivity contribution in [2.45, 2.75) is 54.8 Å². The minimum Gasteiger partial charge on any atom is -0.472 e. The van der Waals surface area contributed by atoms with E-state index in [4.69, 9.17) is 23.7 Å². The number of hydrogen-bond acceptors (Lipinski definition) is 11. The molecule has 11 nitrogen and oxygen atoms in total. The molecule has 11 heteroatoms. The second-order valence-electron chi connectivity index (χ2n) is 7.12. The van der Waals surface area contributed by atoms with Crippen LogP contribution >= 0.6 is 0 Å². The molecule has 0 radical (unpaired) electrons. The fourth-order valence-electron chi connectivity index (χ4n) is 4.37. The first-order valence-corrected chi connectivity index (χ1v) is 8.64. The van der Waals surface area contributed by atoms with Crippen molar-refractivity contribution in [2.24, 2.45) is 11.8 Å². The van der Waals surface area contributed by atoms with Crippen molar-refractivity contribution < 1.29 is 54.0 Å². The lowest BCUT2D eigenvalue weighted by molar-refractivity contribution is -0.344. The number of carbonyl (C=O) groups excluding carboxylic acids is 1. The van der Waals surface area contributed by atoms with Crippen LogP contribution in [0.5, 0.6) is 0 Å². The SMILES string of the molecule is O=CO[C@H]1[C@@H]2C=CO[C@@H](O[C@@H]3O[C@H](CO)[C@@H](O)[C@H](O)[C@H]3O)[C@@H]2[C@@]2(CO)O[C@@H]12. The van der Waals surface area contributed by atoms with E-state index >= 15 is 0 Å². The van der Waals surface area contributed by atoms with E-state index in [0.29, 0.717) is 6.47 Å². The standard InChI is InChI=1S/C16H22O11/c17-3-7-9(20)10(21)11(22)15(25-7)26-14-8-6(1-2-23-14)12(24-5-19)13-16(8,4-18)27-13/h1-2,5-15,17-18,20-22H,3-4H2/t6-,7-,8-,9-,10+,11-,12+,13+,14+,15+,16-/m1/s1. The Morgan fingerprint density at radius 2 is 1.89 bits per heavy atom. The van der Waals surface area contributed by atoms with Gasteiger partial charge in [-0.3, -0.25) is 4.79 Å². The predicted molar refractivity (Wildman–Crippen MR) is 81.5 cm³/mol. The molecule has 4 aliphatic rings. The van der Waals surface area contributed by atoms with Gasteiger partial charge in [0.05, 0.1) is 25.4 Å². The second kappa shape index (κ2) is 6.94. The average molecular weight is 390 g/mol. The van der Waals surface area contributed by atoms with Crippen LogP contribution < -0.4 is 0 Å². The summed E-state index contributed by atoms with van der Waals surface area (Å²) in [6.45, 7) is -0.639. The molecule has 0 bridgehead atoms. The Labute approximate surface area is 153 Å². The van der Waals surface area contributed by atoms with Crippen molar-refractivity contribution in [1.29, 1.82) is 0 Å². The molecule has 3 fully saturated rings. The van der Waals surface area contributed by atoms with E-state index in [0.717, 1.165) is 0 Å². The average Bonchev–Trinajstić information content (AvgIpc) is 3.35. The summed E-state index contributed by atoms with van der Waals surface area (Å²) < 4.78 is 27.2. The molecule has 0 aromatic carbocycles. The molecule has 11 atom stereocenters. The van der Waals surface area contributed by atoms with Crippen LogP contribution in [0.3, 0.4) is 0 Å². The Balaban J connectivity index is 1.54. The fraction of sp³-hybridized carbons (Fsp3) is 0.812. The van der Waals surface area contributed by atoms with E-state index in [1.807, 2.05) is 0 Å². The summed E-state index contributed by atoms with van der Waals surface area (Å²) in [5, 5.41) is 49.0. The molecule has 2 saturated heterocycles. The van der Waals surface area contributed by atoms with Crippen LogP contribution in [0.1, 0.15) is 0 Å². The van der Waals surface area contributed by atoms with Crippen LogP contribution in [-0.4, -0.2) is 100 Å². The summed E-state index contributed by atoms with van der Waals surface area (Å²) in [5.41, 5.74) is -1.03. The summed E-state index contributed by atoms with van der Waals surface area (Å²) in [6.07, 6.45) is -6.41. The van der Waals surface area contributed by atoms with Gasteiger partial charge in [-0.05, 0) is 6.08 Å². The van der Waals surface area contributed by atoms with Gasteiger partial charge in [-0.15, -0.1) is 0 Å². The smallest absolute Gasteiger partial charge is 0.293 e. The van der Waals surface area contributed by atoms with Crippen molar-refractivity contribution in [2.75, 3.05) is 13.2 Å². The van der Waals surface area contributed by atoms with Gasteiger partial charge in [0.2, 0.25) is 6.29 Å². The molecule has 0 amide bonds. The minimum absolute atomic E-state index is 0.313. The van der Waals surface area contributed by atoms with Crippen molar-refractivity contribution in [1.82, 2.24) is 0 Å². The van der Waals surface area contributed by atoms with E-state index < -0.39 is 67.3 Å². The van der Waals surface area contributed by atoms with E-state index in [1.165, 1.54) is 6.26 Å². The zero-order chi connectivity index (χ0) is 19.3. The third-order valence-corrected chi connectivity index (χ3v) is 5.81. The van der Waals surface area contributed by atoms with Crippen LogP contribution in [0.4, 0.5) is 0 Å². The normalized spacial score (nSPS) is 53.2. The van der Waals surface area contributed by atoms with Crippen LogP contribution in [-0.2, 0) is 28.5 Å². The number of fused-ring (bicyclic) bond motifs is 3. The molecule has 0 spiro atoms. The van der Waals surface area contributed by atoms with Crippen LogP contribution in [0.15, 0.2) is 12.3 Å².